The summed E-state index contributed by atoms with van der Waals surface area (Å²) in [6, 6.07) is 0. The number of hydrogen-bond donors (Lipinski definition) is 2. The monoisotopic (exact) mass is 361 g/mol. The number of carbonyl (C=O) groups is 1. The molecule has 0 radical (unpaired) electrons. The lowest BCUT2D eigenvalue weighted by atomic mass is 10.2. The number of carbonyl (C=O) groups excluding carboxylic acids is 1. The Labute approximate surface area is 151 Å². The summed E-state index contributed by atoms with van der Waals surface area (Å²) in [5.74, 6) is 0.0214. The molecule has 0 aliphatic heterocycles. The average molecular weight is 361 g/mol. The molecule has 0 heterocycles. The minimum atomic E-state index is 0.0214. The van der Waals surface area contributed by atoms with Crippen molar-refractivity contribution in [3.63, 3.8) is 0 Å². The van der Waals surface area contributed by atoms with Crippen LogP contribution in [-0.4, -0.2) is 85.1 Å². The van der Waals surface area contributed by atoms with E-state index < -0.39 is 0 Å². The van der Waals surface area contributed by atoms with Gasteiger partial charge >= 0.3 is 0 Å². The molecule has 0 unspecified atom stereocenters. The van der Waals surface area contributed by atoms with Crippen molar-refractivity contribution in [2.24, 2.45) is 10.7 Å². The quantitative estimate of drug-likeness (QED) is 0.240. The van der Waals surface area contributed by atoms with E-state index in [0.717, 1.165) is 19.3 Å². The third-order valence-electron chi connectivity index (χ3n) is 3.19. The summed E-state index contributed by atoms with van der Waals surface area (Å²) < 4.78 is 21.3. The molecule has 0 saturated carbocycles. The van der Waals surface area contributed by atoms with Crippen LogP contribution in [0.4, 0.5) is 0 Å². The summed E-state index contributed by atoms with van der Waals surface area (Å²) in [7, 11) is 0. The van der Waals surface area contributed by atoms with Gasteiger partial charge in [0.1, 0.15) is 0 Å². The van der Waals surface area contributed by atoms with Gasteiger partial charge in [-0.2, -0.15) is 0 Å². The fraction of sp³-hybridized carbons (Fsp3) is 0.882. The van der Waals surface area contributed by atoms with E-state index in [2.05, 4.69) is 17.0 Å². The minimum Gasteiger partial charge on any atom is -0.379 e. The van der Waals surface area contributed by atoms with Crippen LogP contribution >= 0.6 is 0 Å². The standard InChI is InChI=1S/C17H35N3O5/c1-19-8-10-23-12-14-25-16-15-24-13-11-22-9-5-17(21)20-7-4-2-3-6-18/h1-16,18H2,(H,20,21). The van der Waals surface area contributed by atoms with Crippen molar-refractivity contribution in [1.82, 2.24) is 5.32 Å². The van der Waals surface area contributed by atoms with E-state index in [4.69, 9.17) is 24.7 Å². The van der Waals surface area contributed by atoms with Crippen LogP contribution in [0.25, 0.3) is 0 Å². The SMILES string of the molecule is C=NCCOCCOCCOCCOCCC(=O)NCCCCCN. The predicted molar refractivity (Wildman–Crippen MR) is 98.2 cm³/mol. The van der Waals surface area contributed by atoms with Crippen molar-refractivity contribution < 1.29 is 23.7 Å². The van der Waals surface area contributed by atoms with Gasteiger partial charge < -0.3 is 30.0 Å². The Kier molecular flexibility index (Phi) is 20.1. The van der Waals surface area contributed by atoms with Crippen molar-refractivity contribution in [2.45, 2.75) is 25.7 Å². The lowest BCUT2D eigenvalue weighted by molar-refractivity contribution is -0.122. The van der Waals surface area contributed by atoms with Crippen LogP contribution in [0.15, 0.2) is 4.99 Å². The number of unbranched alkanes of at least 4 members (excludes halogenated alkanes) is 2. The van der Waals surface area contributed by atoms with Crippen molar-refractivity contribution in [2.75, 3.05) is 72.5 Å². The summed E-state index contributed by atoms with van der Waals surface area (Å²) >= 11 is 0. The first kappa shape index (κ1) is 23.9. The number of nitrogens with one attached hydrogen (secondary N) is 1. The van der Waals surface area contributed by atoms with Gasteiger partial charge in [-0.15, -0.1) is 0 Å². The molecule has 0 aliphatic carbocycles. The second-order valence-electron chi connectivity index (χ2n) is 5.35. The summed E-state index contributed by atoms with van der Waals surface area (Å²) in [4.78, 5) is 15.2. The molecule has 8 nitrogen and oxygen atoms in total. The Balaban J connectivity index is 3.10. The van der Waals surface area contributed by atoms with Gasteiger partial charge in [0.15, 0.2) is 0 Å². The average Bonchev–Trinajstić information content (AvgIpc) is 2.62. The highest BCUT2D eigenvalue weighted by atomic mass is 16.6. The van der Waals surface area contributed by atoms with E-state index in [0.29, 0.717) is 78.9 Å². The highest BCUT2D eigenvalue weighted by Crippen LogP contribution is 1.92. The van der Waals surface area contributed by atoms with Gasteiger partial charge in [-0.1, -0.05) is 6.42 Å². The number of nitrogens with two attached hydrogens (primary N) is 1. The van der Waals surface area contributed by atoms with Crippen LogP contribution in [0.2, 0.25) is 0 Å². The zero-order chi connectivity index (χ0) is 18.4. The third kappa shape index (κ3) is 20.9. The van der Waals surface area contributed by atoms with E-state index in [9.17, 15) is 4.79 Å². The molecular formula is C17H35N3O5. The Morgan fingerprint density at radius 2 is 1.40 bits per heavy atom. The first-order valence-corrected chi connectivity index (χ1v) is 9.01. The molecular weight excluding hydrogens is 326 g/mol. The molecule has 148 valence electrons. The Bertz CT molecular complexity index is 306. The summed E-state index contributed by atoms with van der Waals surface area (Å²) in [6.45, 7) is 9.47. The maximum absolute atomic E-state index is 11.5. The molecule has 3 N–H and O–H groups in total. The molecule has 0 spiro atoms. The molecule has 8 heteroatoms. The van der Waals surface area contributed by atoms with Crippen LogP contribution in [0.5, 0.6) is 0 Å². The van der Waals surface area contributed by atoms with Crippen molar-refractivity contribution >= 4 is 12.6 Å². The van der Waals surface area contributed by atoms with Gasteiger partial charge in [-0.25, -0.2) is 0 Å². The normalized spacial score (nSPS) is 10.8. The number of nitrogens with zero attached hydrogens (tertiary/aromatic N) is 1. The maximum atomic E-state index is 11.5. The van der Waals surface area contributed by atoms with Crippen LogP contribution in [-0.2, 0) is 23.7 Å². The van der Waals surface area contributed by atoms with Crippen molar-refractivity contribution in [3.8, 4) is 0 Å². The lowest BCUT2D eigenvalue weighted by Crippen LogP contribution is -2.25. The van der Waals surface area contributed by atoms with Crippen molar-refractivity contribution in [3.05, 3.63) is 0 Å². The first-order chi connectivity index (χ1) is 12.3. The van der Waals surface area contributed by atoms with Gasteiger partial charge in [0.05, 0.1) is 59.4 Å². The molecule has 0 aliphatic rings. The number of hydrogen-bond acceptors (Lipinski definition) is 7. The predicted octanol–water partition coefficient (Wildman–Crippen LogP) is 0.389. The fourth-order valence-electron chi connectivity index (χ4n) is 1.82. The molecule has 0 atom stereocenters. The van der Waals surface area contributed by atoms with Gasteiger partial charge in [0.25, 0.3) is 0 Å². The molecule has 0 aromatic carbocycles. The zero-order valence-electron chi connectivity index (χ0n) is 15.4. The van der Waals surface area contributed by atoms with Crippen LogP contribution < -0.4 is 11.1 Å². The number of aliphatic imine (C=N–C) groups is 1. The van der Waals surface area contributed by atoms with Crippen molar-refractivity contribution in [1.29, 1.82) is 0 Å². The molecule has 0 fully saturated rings. The topological polar surface area (TPSA) is 104 Å². The van der Waals surface area contributed by atoms with Gasteiger partial charge in [-0.05, 0) is 26.1 Å². The van der Waals surface area contributed by atoms with Crippen LogP contribution in [0.3, 0.4) is 0 Å². The lowest BCUT2D eigenvalue weighted by Gasteiger charge is -2.07. The summed E-state index contributed by atoms with van der Waals surface area (Å²) in [5, 5.41) is 2.86. The van der Waals surface area contributed by atoms with Gasteiger partial charge in [0, 0.05) is 13.0 Å². The Morgan fingerprint density at radius 1 is 0.840 bits per heavy atom. The fourth-order valence-corrected chi connectivity index (χ4v) is 1.82. The number of amides is 1. The molecule has 0 aromatic heterocycles. The van der Waals surface area contributed by atoms with Gasteiger partial charge in [0.2, 0.25) is 5.91 Å². The highest BCUT2D eigenvalue weighted by Gasteiger charge is 2.00. The molecule has 0 rings (SSSR count). The number of rotatable bonds is 20. The van der Waals surface area contributed by atoms with E-state index in [1.165, 1.54) is 0 Å². The van der Waals surface area contributed by atoms with E-state index in [1.807, 2.05) is 0 Å². The second-order valence-corrected chi connectivity index (χ2v) is 5.35. The zero-order valence-corrected chi connectivity index (χ0v) is 15.4. The second kappa shape index (κ2) is 21.0. The van der Waals surface area contributed by atoms with E-state index in [-0.39, 0.29) is 5.91 Å². The smallest absolute Gasteiger partial charge is 0.222 e. The molecule has 0 saturated heterocycles. The molecule has 0 aromatic rings. The maximum Gasteiger partial charge on any atom is 0.222 e. The molecule has 25 heavy (non-hydrogen) atoms. The third-order valence-corrected chi connectivity index (χ3v) is 3.19. The van der Waals surface area contributed by atoms with Crippen LogP contribution in [0.1, 0.15) is 25.7 Å². The van der Waals surface area contributed by atoms with Crippen LogP contribution in [0, 0.1) is 0 Å². The molecule has 0 bridgehead atoms. The van der Waals surface area contributed by atoms with E-state index >= 15 is 0 Å². The van der Waals surface area contributed by atoms with E-state index in [1.54, 1.807) is 0 Å². The summed E-state index contributed by atoms with van der Waals surface area (Å²) in [5.41, 5.74) is 5.41. The Hall–Kier alpha value is -1.06. The summed E-state index contributed by atoms with van der Waals surface area (Å²) in [6.07, 6.45) is 3.40. The largest absolute Gasteiger partial charge is 0.379 e. The Morgan fingerprint density at radius 3 is 1.96 bits per heavy atom. The highest BCUT2D eigenvalue weighted by molar-refractivity contribution is 5.75. The van der Waals surface area contributed by atoms with Gasteiger partial charge in [-0.3, -0.25) is 9.79 Å². The first-order valence-electron chi connectivity index (χ1n) is 9.01. The molecule has 1 amide bonds. The minimum absolute atomic E-state index is 0.0214. The number of ether oxygens (including phenoxy) is 4.